The smallest absolute Gasteiger partial charge is 0.356 e. The van der Waals surface area contributed by atoms with Crippen molar-refractivity contribution in [2.45, 2.75) is 12.2 Å². The van der Waals surface area contributed by atoms with Crippen molar-refractivity contribution in [2.24, 2.45) is 0 Å². The molecule has 1 aromatic carbocycles. The van der Waals surface area contributed by atoms with E-state index in [0.717, 1.165) is 29.9 Å². The van der Waals surface area contributed by atoms with Crippen molar-refractivity contribution in [2.75, 3.05) is 18.4 Å². The monoisotopic (exact) mass is 273 g/mol. The Morgan fingerprint density at radius 2 is 2.11 bits per heavy atom. The summed E-state index contributed by atoms with van der Waals surface area (Å²) in [6.45, 7) is 1.73. The Hall–Kier alpha value is -1.34. The molecule has 1 aromatic heterocycles. The molecule has 0 aliphatic carbocycles. The third-order valence-corrected chi connectivity index (χ3v) is 3.79. The van der Waals surface area contributed by atoms with Gasteiger partial charge in [-0.2, -0.15) is 13.2 Å². The summed E-state index contributed by atoms with van der Waals surface area (Å²) in [4.78, 5) is 4.19. The zero-order valence-corrected chi connectivity index (χ0v) is 10.0. The molecule has 96 valence electrons. The van der Waals surface area contributed by atoms with Gasteiger partial charge in [-0.05, 0) is 18.2 Å². The summed E-state index contributed by atoms with van der Waals surface area (Å²) < 4.78 is 38.4. The lowest BCUT2D eigenvalue weighted by Gasteiger charge is -2.27. The second kappa shape index (κ2) is 4.10. The molecule has 0 unspecified atom stereocenters. The largest absolute Gasteiger partial charge is 0.416 e. The van der Waals surface area contributed by atoms with Crippen LogP contribution in [0.2, 0.25) is 0 Å². The molecule has 18 heavy (non-hydrogen) atoms. The van der Waals surface area contributed by atoms with Gasteiger partial charge in [0.15, 0.2) is 5.13 Å². The lowest BCUT2D eigenvalue weighted by Crippen LogP contribution is -2.51. The van der Waals surface area contributed by atoms with Crippen LogP contribution in [0.25, 0.3) is 10.2 Å². The second-order valence-corrected chi connectivity index (χ2v) is 5.23. The van der Waals surface area contributed by atoms with Crippen molar-refractivity contribution in [1.82, 2.24) is 10.3 Å². The van der Waals surface area contributed by atoms with Crippen molar-refractivity contribution in [1.29, 1.82) is 0 Å². The van der Waals surface area contributed by atoms with E-state index in [-0.39, 0.29) is 0 Å². The fourth-order valence-electron chi connectivity index (χ4n) is 1.73. The Morgan fingerprint density at radius 3 is 2.72 bits per heavy atom. The van der Waals surface area contributed by atoms with Crippen molar-refractivity contribution >= 4 is 26.7 Å². The molecule has 1 fully saturated rings. The number of benzene rings is 1. The normalized spacial score (nSPS) is 16.8. The van der Waals surface area contributed by atoms with E-state index in [4.69, 9.17) is 0 Å². The number of thiazole rings is 1. The Morgan fingerprint density at radius 1 is 1.33 bits per heavy atom. The van der Waals surface area contributed by atoms with Gasteiger partial charge in [0, 0.05) is 13.1 Å². The molecule has 0 atom stereocenters. The van der Waals surface area contributed by atoms with Crippen LogP contribution in [0.4, 0.5) is 18.3 Å². The van der Waals surface area contributed by atoms with Crippen LogP contribution >= 0.6 is 11.3 Å². The zero-order chi connectivity index (χ0) is 12.8. The summed E-state index contributed by atoms with van der Waals surface area (Å²) in [7, 11) is 0. The summed E-state index contributed by atoms with van der Waals surface area (Å²) in [5.74, 6) is 0. The standard InChI is InChI=1S/C11H10F3N3S/c12-11(13,14)6-1-2-9-8(3-6)17-10(18-9)16-7-4-15-5-7/h1-3,7,15H,4-5H2,(H,16,17). The van der Waals surface area contributed by atoms with Gasteiger partial charge in [-0.25, -0.2) is 4.98 Å². The molecule has 3 nitrogen and oxygen atoms in total. The number of hydrogen-bond donors (Lipinski definition) is 2. The van der Waals surface area contributed by atoms with E-state index in [1.807, 2.05) is 0 Å². The minimum atomic E-state index is -4.32. The molecule has 2 aromatic rings. The number of alkyl halides is 3. The van der Waals surface area contributed by atoms with E-state index >= 15 is 0 Å². The second-order valence-electron chi connectivity index (χ2n) is 4.20. The predicted molar refractivity (Wildman–Crippen MR) is 64.9 cm³/mol. The summed E-state index contributed by atoms with van der Waals surface area (Å²) in [5.41, 5.74) is -0.262. The highest BCUT2D eigenvalue weighted by Gasteiger charge is 2.30. The highest BCUT2D eigenvalue weighted by Crippen LogP contribution is 2.34. The molecule has 1 aliphatic rings. The minimum Gasteiger partial charge on any atom is -0.356 e. The first kappa shape index (κ1) is 11.7. The van der Waals surface area contributed by atoms with Crippen LogP contribution in [0.3, 0.4) is 0 Å². The van der Waals surface area contributed by atoms with Gasteiger partial charge in [-0.1, -0.05) is 11.3 Å². The highest BCUT2D eigenvalue weighted by molar-refractivity contribution is 7.22. The molecular formula is C11H10F3N3S. The molecule has 2 N–H and O–H groups in total. The minimum absolute atomic E-state index is 0.327. The van der Waals surface area contributed by atoms with Gasteiger partial charge in [-0.15, -0.1) is 0 Å². The molecule has 7 heteroatoms. The molecule has 2 heterocycles. The number of anilines is 1. The first-order valence-electron chi connectivity index (χ1n) is 5.47. The molecule has 1 aliphatic heterocycles. The molecule has 0 spiro atoms. The van der Waals surface area contributed by atoms with E-state index in [9.17, 15) is 13.2 Å². The lowest BCUT2D eigenvalue weighted by molar-refractivity contribution is -0.137. The predicted octanol–water partition coefficient (Wildman–Crippen LogP) is 2.70. The number of rotatable bonds is 2. The Kier molecular flexibility index (Phi) is 2.67. The maximum Gasteiger partial charge on any atom is 0.416 e. The van der Waals surface area contributed by atoms with Gasteiger partial charge in [0.25, 0.3) is 0 Å². The molecule has 0 amide bonds. The first-order valence-corrected chi connectivity index (χ1v) is 6.29. The molecule has 0 bridgehead atoms. The first-order chi connectivity index (χ1) is 8.52. The van der Waals surface area contributed by atoms with Gasteiger partial charge in [0.2, 0.25) is 0 Å². The number of nitrogens with zero attached hydrogens (tertiary/aromatic N) is 1. The fraction of sp³-hybridized carbons (Fsp3) is 0.364. The summed E-state index contributed by atoms with van der Waals surface area (Å²) in [6.07, 6.45) is -4.32. The van der Waals surface area contributed by atoms with Crippen LogP contribution in [0.15, 0.2) is 18.2 Å². The fourth-order valence-corrected chi connectivity index (χ4v) is 2.65. The van der Waals surface area contributed by atoms with Crippen molar-refractivity contribution in [3.05, 3.63) is 23.8 Å². The maximum atomic E-state index is 12.5. The van der Waals surface area contributed by atoms with Gasteiger partial charge in [0.1, 0.15) is 0 Å². The quantitative estimate of drug-likeness (QED) is 0.883. The molecule has 0 radical (unpaired) electrons. The SMILES string of the molecule is FC(F)(F)c1ccc2sc(NC3CNC3)nc2c1. The van der Waals surface area contributed by atoms with Gasteiger partial charge in [-0.3, -0.25) is 0 Å². The Balaban J connectivity index is 1.91. The van der Waals surface area contributed by atoms with Crippen LogP contribution in [-0.4, -0.2) is 24.1 Å². The van der Waals surface area contributed by atoms with Crippen LogP contribution in [-0.2, 0) is 6.18 Å². The van der Waals surface area contributed by atoms with Gasteiger partial charge in [0.05, 0.1) is 21.8 Å². The van der Waals surface area contributed by atoms with Gasteiger partial charge >= 0.3 is 6.18 Å². The molecular weight excluding hydrogens is 263 g/mol. The lowest BCUT2D eigenvalue weighted by atomic mass is 10.2. The van der Waals surface area contributed by atoms with E-state index in [1.54, 1.807) is 0 Å². The van der Waals surface area contributed by atoms with E-state index in [1.165, 1.54) is 17.4 Å². The van der Waals surface area contributed by atoms with Crippen molar-refractivity contribution in [3.8, 4) is 0 Å². The summed E-state index contributed by atoms with van der Waals surface area (Å²) in [6, 6.07) is 3.98. The van der Waals surface area contributed by atoms with E-state index < -0.39 is 11.7 Å². The summed E-state index contributed by atoms with van der Waals surface area (Å²) in [5, 5.41) is 6.98. The Labute approximate surface area is 105 Å². The van der Waals surface area contributed by atoms with Crippen LogP contribution in [0.1, 0.15) is 5.56 Å². The topological polar surface area (TPSA) is 37.0 Å². The van der Waals surface area contributed by atoms with E-state index in [2.05, 4.69) is 15.6 Å². The number of fused-ring (bicyclic) bond motifs is 1. The average molecular weight is 273 g/mol. The van der Waals surface area contributed by atoms with Gasteiger partial charge < -0.3 is 10.6 Å². The van der Waals surface area contributed by atoms with Crippen LogP contribution in [0, 0.1) is 0 Å². The third-order valence-electron chi connectivity index (χ3n) is 2.82. The highest BCUT2D eigenvalue weighted by atomic mass is 32.1. The zero-order valence-electron chi connectivity index (χ0n) is 9.21. The number of aromatic nitrogens is 1. The number of nitrogens with one attached hydrogen (secondary N) is 2. The molecule has 1 saturated heterocycles. The van der Waals surface area contributed by atoms with Crippen molar-refractivity contribution < 1.29 is 13.2 Å². The molecule has 3 rings (SSSR count). The summed E-state index contributed by atoms with van der Waals surface area (Å²) >= 11 is 1.38. The van der Waals surface area contributed by atoms with Crippen molar-refractivity contribution in [3.63, 3.8) is 0 Å². The van der Waals surface area contributed by atoms with Crippen LogP contribution < -0.4 is 10.6 Å². The Bertz CT molecular complexity index is 574. The maximum absolute atomic E-state index is 12.5. The average Bonchev–Trinajstić information content (AvgIpc) is 2.63. The third kappa shape index (κ3) is 2.15. The van der Waals surface area contributed by atoms with E-state index in [0.29, 0.717) is 16.7 Å². The van der Waals surface area contributed by atoms with Crippen LogP contribution in [0.5, 0.6) is 0 Å². The number of hydrogen-bond acceptors (Lipinski definition) is 4. The molecule has 0 saturated carbocycles. The number of halogens is 3.